The number of piperidine rings is 1. The molecule has 6 rings (SSSR count). The normalized spacial score (nSPS) is 25.8. The summed E-state index contributed by atoms with van der Waals surface area (Å²) in [7, 11) is 0. The smallest absolute Gasteiger partial charge is 0.410 e. The maximum atomic E-state index is 14.2. The van der Waals surface area contributed by atoms with E-state index in [2.05, 4.69) is 20.3 Å². The van der Waals surface area contributed by atoms with E-state index in [4.69, 9.17) is 16.3 Å². The number of benzene rings is 1. The van der Waals surface area contributed by atoms with Gasteiger partial charge >= 0.3 is 6.09 Å². The predicted molar refractivity (Wildman–Crippen MR) is 161 cm³/mol. The zero-order valence-electron chi connectivity index (χ0n) is 24.6. The van der Waals surface area contributed by atoms with E-state index in [9.17, 15) is 9.59 Å². The molecule has 1 N–H and O–H groups in total. The van der Waals surface area contributed by atoms with Crippen LogP contribution in [-0.4, -0.2) is 80.9 Å². The van der Waals surface area contributed by atoms with Crippen molar-refractivity contribution in [1.82, 2.24) is 29.9 Å². The number of likely N-dealkylation sites (tertiary alicyclic amines) is 1. The van der Waals surface area contributed by atoms with Gasteiger partial charge in [-0.15, -0.1) is 0 Å². The van der Waals surface area contributed by atoms with E-state index in [-0.39, 0.29) is 35.5 Å². The predicted octanol–water partition coefficient (Wildman–Crippen LogP) is 5.08. The summed E-state index contributed by atoms with van der Waals surface area (Å²) in [5, 5.41) is 8.94. The van der Waals surface area contributed by atoms with Crippen LogP contribution in [0.5, 0.6) is 0 Å². The van der Waals surface area contributed by atoms with Crippen molar-refractivity contribution >= 4 is 23.6 Å². The van der Waals surface area contributed by atoms with Crippen molar-refractivity contribution in [1.29, 1.82) is 0 Å². The molecule has 2 aliphatic carbocycles. The lowest BCUT2D eigenvalue weighted by Gasteiger charge is -2.48. The Hall–Kier alpha value is -2.65. The zero-order valence-corrected chi connectivity index (χ0v) is 25.4. The van der Waals surface area contributed by atoms with Crippen molar-refractivity contribution in [3.05, 3.63) is 47.5 Å². The van der Waals surface area contributed by atoms with Crippen LogP contribution in [0.25, 0.3) is 0 Å². The molecule has 0 unspecified atom stereocenters. The second kappa shape index (κ2) is 13.3. The lowest BCUT2D eigenvalue weighted by molar-refractivity contribution is -0.137. The Balaban J connectivity index is 1.12. The Morgan fingerprint density at radius 1 is 1.02 bits per heavy atom. The summed E-state index contributed by atoms with van der Waals surface area (Å²) in [4.78, 5) is 34.5. The van der Waals surface area contributed by atoms with Gasteiger partial charge in [-0.25, -0.2) is 9.78 Å². The molecule has 2 amide bonds. The van der Waals surface area contributed by atoms with Crippen molar-refractivity contribution in [2.45, 2.75) is 102 Å². The number of nitrogens with one attached hydrogen (secondary N) is 1. The Labute approximate surface area is 254 Å². The van der Waals surface area contributed by atoms with E-state index in [0.29, 0.717) is 30.5 Å². The molecule has 0 radical (unpaired) electrons. The summed E-state index contributed by atoms with van der Waals surface area (Å²) in [5.74, 6) is 0.881. The highest BCUT2D eigenvalue weighted by molar-refractivity contribution is 6.30. The Morgan fingerprint density at radius 2 is 1.76 bits per heavy atom. The third-order valence-electron chi connectivity index (χ3n) is 10.5. The number of carbonyl (C=O) groups is 2. The quantitative estimate of drug-likeness (QED) is 0.434. The van der Waals surface area contributed by atoms with E-state index in [1.54, 1.807) is 6.33 Å². The van der Waals surface area contributed by atoms with Crippen LogP contribution in [0.2, 0.25) is 5.02 Å². The van der Waals surface area contributed by atoms with Gasteiger partial charge in [0.25, 0.3) is 0 Å². The first kappa shape index (κ1) is 29.4. The second-order valence-corrected chi connectivity index (χ2v) is 13.4. The molecule has 2 saturated heterocycles. The van der Waals surface area contributed by atoms with Crippen molar-refractivity contribution < 1.29 is 14.3 Å². The largest absolute Gasteiger partial charge is 0.448 e. The molecule has 4 aliphatic rings. The lowest BCUT2D eigenvalue weighted by Crippen LogP contribution is -2.56. The van der Waals surface area contributed by atoms with Crippen LogP contribution < -0.4 is 5.32 Å². The fraction of sp³-hybridized carbons (Fsp3) is 0.688. The molecule has 1 aromatic carbocycles. The number of rotatable bonds is 9. The van der Waals surface area contributed by atoms with Crippen LogP contribution >= 0.6 is 11.6 Å². The minimum absolute atomic E-state index is 0.166. The third kappa shape index (κ3) is 6.77. The molecule has 0 spiro atoms. The summed E-state index contributed by atoms with van der Waals surface area (Å²) in [5.41, 5.74) is 1.28. The van der Waals surface area contributed by atoms with Crippen molar-refractivity contribution in [3.63, 3.8) is 0 Å². The van der Waals surface area contributed by atoms with Crippen LogP contribution in [0.1, 0.15) is 76.2 Å². The van der Waals surface area contributed by atoms with E-state index in [1.807, 2.05) is 40.2 Å². The molecule has 42 heavy (non-hydrogen) atoms. The summed E-state index contributed by atoms with van der Waals surface area (Å²) in [6.45, 7) is 3.64. The van der Waals surface area contributed by atoms with Gasteiger partial charge < -0.3 is 19.9 Å². The molecule has 3 heterocycles. The van der Waals surface area contributed by atoms with E-state index in [1.165, 1.54) is 32.1 Å². The molecule has 2 saturated carbocycles. The monoisotopic (exact) mass is 596 g/mol. The van der Waals surface area contributed by atoms with Crippen LogP contribution in [0.3, 0.4) is 0 Å². The van der Waals surface area contributed by atoms with Crippen LogP contribution in [0.15, 0.2) is 36.9 Å². The average Bonchev–Trinajstić information content (AvgIpc) is 3.70. The number of carbonyl (C=O) groups excluding carboxylic acids is 2. The molecule has 2 aliphatic heterocycles. The van der Waals surface area contributed by atoms with Crippen molar-refractivity contribution in [2.24, 2.45) is 11.3 Å². The number of nitrogens with zero attached hydrogens (tertiary/aromatic N) is 5. The summed E-state index contributed by atoms with van der Waals surface area (Å²) >= 11 is 6.17. The summed E-state index contributed by atoms with van der Waals surface area (Å²) < 4.78 is 7.18. The minimum atomic E-state index is -0.290. The number of halogens is 1. The molecule has 1 aromatic heterocycles. The number of hydrogen-bond acceptors (Lipinski definition) is 6. The van der Waals surface area contributed by atoms with Gasteiger partial charge in [-0.1, -0.05) is 43.0 Å². The maximum absolute atomic E-state index is 14.2. The maximum Gasteiger partial charge on any atom is 0.410 e. The number of aromatic nitrogens is 3. The van der Waals surface area contributed by atoms with Crippen LogP contribution in [0, 0.1) is 11.3 Å². The highest BCUT2D eigenvalue weighted by Crippen LogP contribution is 2.47. The second-order valence-electron chi connectivity index (χ2n) is 13.0. The molecule has 228 valence electrons. The van der Waals surface area contributed by atoms with Gasteiger partial charge in [0.15, 0.2) is 0 Å². The first-order valence-corrected chi connectivity index (χ1v) is 16.4. The Bertz CT molecular complexity index is 1170. The van der Waals surface area contributed by atoms with E-state index >= 15 is 0 Å². The summed E-state index contributed by atoms with van der Waals surface area (Å²) in [6, 6.07) is 8.07. The molecule has 2 aromatic rings. The van der Waals surface area contributed by atoms with Crippen LogP contribution in [0.4, 0.5) is 4.79 Å². The topological polar surface area (TPSA) is 92.6 Å². The fourth-order valence-electron chi connectivity index (χ4n) is 8.09. The molecular formula is C32H45ClN6O3. The molecule has 0 bridgehead atoms. The fourth-order valence-corrected chi connectivity index (χ4v) is 8.22. The molecular weight excluding hydrogens is 552 g/mol. The van der Waals surface area contributed by atoms with Gasteiger partial charge in [0.2, 0.25) is 5.91 Å². The molecule has 1 atom stereocenters. The lowest BCUT2D eigenvalue weighted by atomic mass is 9.63. The number of hydrogen-bond donors (Lipinski definition) is 1. The molecule has 4 fully saturated rings. The van der Waals surface area contributed by atoms with Gasteiger partial charge in [0, 0.05) is 36.7 Å². The standard InChI is InChI=1S/C32H45ClN6O3/c33-26-8-6-24(7-9-26)20-29(36-27-10-12-28(13-11-27)39-18-19-42-31(39)41)30(40)37-16-14-32(15-17-37,21-38-23-34-22-35-38)25-4-2-1-3-5-25/h6-9,22-23,25,27-29,36H,1-5,10-21H2/t27?,28?,29-/m1/s1. The third-order valence-corrected chi connectivity index (χ3v) is 10.8. The van der Waals surface area contributed by atoms with Crippen molar-refractivity contribution in [2.75, 3.05) is 26.2 Å². The first-order valence-electron chi connectivity index (χ1n) is 16.0. The molecule has 10 heteroatoms. The van der Waals surface area contributed by atoms with Gasteiger partial charge in [0.05, 0.1) is 12.6 Å². The molecule has 9 nitrogen and oxygen atoms in total. The van der Waals surface area contributed by atoms with Crippen LogP contribution in [-0.2, 0) is 22.5 Å². The highest BCUT2D eigenvalue weighted by Gasteiger charge is 2.44. The van der Waals surface area contributed by atoms with Gasteiger partial charge in [0.1, 0.15) is 19.3 Å². The Kier molecular flexibility index (Phi) is 9.34. The summed E-state index contributed by atoms with van der Waals surface area (Å²) in [6.07, 6.45) is 16.2. The van der Waals surface area contributed by atoms with Gasteiger partial charge in [-0.2, -0.15) is 5.10 Å². The zero-order chi connectivity index (χ0) is 28.9. The Morgan fingerprint density at radius 3 is 2.40 bits per heavy atom. The number of amides is 2. The van der Waals surface area contributed by atoms with Crippen molar-refractivity contribution in [3.8, 4) is 0 Å². The van der Waals surface area contributed by atoms with E-state index < -0.39 is 0 Å². The first-order chi connectivity index (χ1) is 20.5. The highest BCUT2D eigenvalue weighted by atomic mass is 35.5. The van der Waals surface area contributed by atoms with Gasteiger partial charge in [-0.05, 0) is 86.8 Å². The number of ether oxygens (including phenoxy) is 1. The van der Waals surface area contributed by atoms with E-state index in [0.717, 1.165) is 63.7 Å². The average molecular weight is 597 g/mol. The minimum Gasteiger partial charge on any atom is -0.448 e. The SMILES string of the molecule is O=C([C@@H](Cc1ccc(Cl)cc1)NC1CCC(N2CCOC2=O)CC1)N1CCC(Cn2cncn2)(C2CCCCC2)CC1. The number of cyclic esters (lactones) is 1. The van der Waals surface area contributed by atoms with Gasteiger partial charge in [-0.3, -0.25) is 9.48 Å².